The normalized spacial score (nSPS) is 11.7. The summed E-state index contributed by atoms with van der Waals surface area (Å²) in [6, 6.07) is 7.03. The van der Waals surface area contributed by atoms with Crippen LogP contribution in [0.25, 0.3) is 0 Å². The smallest absolute Gasteiger partial charge is 0.269 e. The van der Waals surface area contributed by atoms with Crippen LogP contribution in [0, 0.1) is 27.4 Å². The average molecular weight is 326 g/mol. The largest absolute Gasteiger partial charge is 0.370 e. The summed E-state index contributed by atoms with van der Waals surface area (Å²) in [5, 5.41) is 20.2. The molecule has 0 saturated carbocycles. The summed E-state index contributed by atoms with van der Waals surface area (Å²) in [6.07, 6.45) is 0. The number of nitrogens with zero attached hydrogens (tertiary/aromatic N) is 3. The predicted octanol–water partition coefficient (Wildman–Crippen LogP) is 3.48. The molecule has 0 radical (unpaired) electrons. The highest BCUT2D eigenvalue weighted by Gasteiger charge is 2.15. The minimum absolute atomic E-state index is 0.0849. The number of nitro benzene ring substituents is 1. The molecule has 102 valence electrons. The van der Waals surface area contributed by atoms with Crippen LogP contribution in [0.1, 0.15) is 19.4 Å². The molecule has 0 spiro atoms. The molecule has 0 aromatic heterocycles. The van der Waals surface area contributed by atoms with Crippen LogP contribution in [0.2, 0.25) is 0 Å². The van der Waals surface area contributed by atoms with Crippen LogP contribution < -0.4 is 4.90 Å². The Hall–Kier alpha value is -1.61. The van der Waals surface area contributed by atoms with Crippen molar-refractivity contribution in [3.63, 3.8) is 0 Å². The lowest BCUT2D eigenvalue weighted by atomic mass is 10.1. The molecular formula is C13H16BrN3O2. The molecule has 0 aliphatic heterocycles. The summed E-state index contributed by atoms with van der Waals surface area (Å²) in [5.74, 6) is -0.0849. The lowest BCUT2D eigenvalue weighted by molar-refractivity contribution is -0.384. The molecule has 1 unspecified atom stereocenters. The van der Waals surface area contributed by atoms with Gasteiger partial charge in [-0.2, -0.15) is 5.26 Å². The van der Waals surface area contributed by atoms with Crippen molar-refractivity contribution in [2.24, 2.45) is 5.92 Å². The summed E-state index contributed by atoms with van der Waals surface area (Å²) in [5.41, 5.74) is 1.89. The van der Waals surface area contributed by atoms with Gasteiger partial charge in [-0.05, 0) is 25.5 Å². The third-order valence-electron chi connectivity index (χ3n) is 2.85. The number of rotatable bonds is 6. The maximum atomic E-state index is 10.8. The second-order valence-corrected chi connectivity index (χ2v) is 4.83. The van der Waals surface area contributed by atoms with Gasteiger partial charge in [0.2, 0.25) is 0 Å². The predicted molar refractivity (Wildman–Crippen MR) is 78.4 cm³/mol. The second-order valence-electron chi connectivity index (χ2n) is 4.27. The van der Waals surface area contributed by atoms with E-state index in [1.807, 2.05) is 13.8 Å². The van der Waals surface area contributed by atoms with Gasteiger partial charge in [0.1, 0.15) is 0 Å². The highest BCUT2D eigenvalue weighted by Crippen LogP contribution is 2.27. The van der Waals surface area contributed by atoms with E-state index in [9.17, 15) is 10.1 Å². The van der Waals surface area contributed by atoms with Crippen LogP contribution in [0.15, 0.2) is 18.2 Å². The second kappa shape index (κ2) is 7.10. The average Bonchev–Trinajstić information content (AvgIpc) is 2.43. The zero-order chi connectivity index (χ0) is 14.4. The van der Waals surface area contributed by atoms with Gasteiger partial charge in [0.05, 0.1) is 16.9 Å². The molecule has 1 aromatic carbocycles. The SMILES string of the molecule is CCN(CC(C)C#N)c1ccc([N+](=O)[O-])cc1CBr. The Morgan fingerprint density at radius 1 is 1.58 bits per heavy atom. The van der Waals surface area contributed by atoms with Gasteiger partial charge in [0, 0.05) is 36.2 Å². The van der Waals surface area contributed by atoms with Gasteiger partial charge in [-0.3, -0.25) is 10.1 Å². The summed E-state index contributed by atoms with van der Waals surface area (Å²) < 4.78 is 0. The molecule has 1 rings (SSSR count). The molecule has 1 atom stereocenters. The first kappa shape index (κ1) is 15.4. The van der Waals surface area contributed by atoms with Crippen molar-refractivity contribution in [1.82, 2.24) is 0 Å². The van der Waals surface area contributed by atoms with Gasteiger partial charge in [-0.25, -0.2) is 0 Å². The summed E-state index contributed by atoms with van der Waals surface area (Å²) in [7, 11) is 0. The number of benzene rings is 1. The first-order chi connectivity index (χ1) is 9.03. The van der Waals surface area contributed by atoms with Crippen LogP contribution in [-0.4, -0.2) is 18.0 Å². The number of halogens is 1. The number of alkyl halides is 1. The number of nitriles is 1. The molecule has 5 nitrogen and oxygen atoms in total. The summed E-state index contributed by atoms with van der Waals surface area (Å²) in [4.78, 5) is 12.4. The molecule has 0 N–H and O–H groups in total. The van der Waals surface area contributed by atoms with E-state index >= 15 is 0 Å². The van der Waals surface area contributed by atoms with E-state index < -0.39 is 4.92 Å². The van der Waals surface area contributed by atoms with Gasteiger partial charge in [0.15, 0.2) is 0 Å². The highest BCUT2D eigenvalue weighted by atomic mass is 79.9. The summed E-state index contributed by atoms with van der Waals surface area (Å²) in [6.45, 7) is 5.24. The molecule has 6 heteroatoms. The van der Waals surface area contributed by atoms with E-state index in [1.54, 1.807) is 12.1 Å². The van der Waals surface area contributed by atoms with Crippen LogP contribution in [0.4, 0.5) is 11.4 Å². The molecule has 19 heavy (non-hydrogen) atoms. The van der Waals surface area contributed by atoms with Gasteiger partial charge in [0.25, 0.3) is 5.69 Å². The minimum atomic E-state index is -0.399. The van der Waals surface area contributed by atoms with Crippen LogP contribution in [-0.2, 0) is 5.33 Å². The molecule has 0 aliphatic carbocycles. The van der Waals surface area contributed by atoms with E-state index in [0.717, 1.165) is 17.8 Å². The van der Waals surface area contributed by atoms with Crippen molar-refractivity contribution in [2.45, 2.75) is 19.2 Å². The Morgan fingerprint density at radius 2 is 2.26 bits per heavy atom. The van der Waals surface area contributed by atoms with E-state index in [1.165, 1.54) is 6.07 Å². The molecule has 0 amide bonds. The van der Waals surface area contributed by atoms with E-state index in [0.29, 0.717) is 11.9 Å². The van der Waals surface area contributed by atoms with Gasteiger partial charge >= 0.3 is 0 Å². The molecule has 1 aromatic rings. The fourth-order valence-corrected chi connectivity index (χ4v) is 2.32. The van der Waals surface area contributed by atoms with Crippen molar-refractivity contribution >= 4 is 27.3 Å². The third kappa shape index (κ3) is 3.93. The van der Waals surface area contributed by atoms with Gasteiger partial charge < -0.3 is 4.90 Å². The van der Waals surface area contributed by atoms with Crippen molar-refractivity contribution in [1.29, 1.82) is 5.26 Å². The molecule has 0 fully saturated rings. The fourth-order valence-electron chi connectivity index (χ4n) is 1.87. The maximum absolute atomic E-state index is 10.8. The number of nitro groups is 1. The zero-order valence-electron chi connectivity index (χ0n) is 11.0. The Balaban J connectivity index is 3.10. The third-order valence-corrected chi connectivity index (χ3v) is 3.46. The minimum Gasteiger partial charge on any atom is -0.370 e. The van der Waals surface area contributed by atoms with E-state index in [-0.39, 0.29) is 11.6 Å². The standard InChI is InChI=1S/C13H16BrN3O2/c1-3-16(9-10(2)8-15)13-5-4-12(17(18)19)6-11(13)7-14/h4-6,10H,3,7,9H2,1-2H3. The van der Waals surface area contributed by atoms with Crippen molar-refractivity contribution in [2.75, 3.05) is 18.0 Å². The van der Waals surface area contributed by atoms with Gasteiger partial charge in [-0.1, -0.05) is 15.9 Å². The zero-order valence-corrected chi connectivity index (χ0v) is 12.6. The maximum Gasteiger partial charge on any atom is 0.269 e. The van der Waals surface area contributed by atoms with Crippen LogP contribution >= 0.6 is 15.9 Å². The fraction of sp³-hybridized carbons (Fsp3) is 0.462. The molecular weight excluding hydrogens is 310 g/mol. The van der Waals surface area contributed by atoms with E-state index in [2.05, 4.69) is 26.9 Å². The first-order valence-corrected chi connectivity index (χ1v) is 7.13. The topological polar surface area (TPSA) is 70.2 Å². The summed E-state index contributed by atoms with van der Waals surface area (Å²) >= 11 is 3.36. The first-order valence-electron chi connectivity index (χ1n) is 6.01. The Kier molecular flexibility index (Phi) is 5.77. The Bertz CT molecular complexity index is 499. The molecule has 0 aliphatic rings. The van der Waals surface area contributed by atoms with Crippen molar-refractivity contribution in [3.8, 4) is 6.07 Å². The van der Waals surface area contributed by atoms with Crippen LogP contribution in [0.3, 0.4) is 0 Å². The quantitative estimate of drug-likeness (QED) is 0.456. The van der Waals surface area contributed by atoms with Crippen LogP contribution in [0.5, 0.6) is 0 Å². The van der Waals surface area contributed by atoms with E-state index in [4.69, 9.17) is 5.26 Å². The van der Waals surface area contributed by atoms with Crippen molar-refractivity contribution in [3.05, 3.63) is 33.9 Å². The highest BCUT2D eigenvalue weighted by molar-refractivity contribution is 9.08. The number of hydrogen-bond acceptors (Lipinski definition) is 4. The lowest BCUT2D eigenvalue weighted by Crippen LogP contribution is -2.28. The Labute approximate surface area is 121 Å². The lowest BCUT2D eigenvalue weighted by Gasteiger charge is -2.26. The van der Waals surface area contributed by atoms with Gasteiger partial charge in [-0.15, -0.1) is 0 Å². The molecule has 0 saturated heterocycles. The van der Waals surface area contributed by atoms with Crippen molar-refractivity contribution < 1.29 is 4.92 Å². The monoisotopic (exact) mass is 325 g/mol. The molecule has 0 bridgehead atoms. The Morgan fingerprint density at radius 3 is 2.74 bits per heavy atom. The number of anilines is 1. The molecule has 0 heterocycles. The number of non-ortho nitro benzene ring substituents is 1. The number of hydrogen-bond donors (Lipinski definition) is 0.